The predicted octanol–water partition coefficient (Wildman–Crippen LogP) is 4.04. The van der Waals surface area contributed by atoms with Crippen molar-refractivity contribution in [2.75, 3.05) is 6.54 Å². The highest BCUT2D eigenvalue weighted by molar-refractivity contribution is 7.13. The molecule has 0 aliphatic rings. The van der Waals surface area contributed by atoms with Gasteiger partial charge in [-0.1, -0.05) is 12.1 Å². The molecule has 3 aromatic rings. The van der Waals surface area contributed by atoms with Crippen LogP contribution in [0.15, 0.2) is 52.6 Å². The van der Waals surface area contributed by atoms with Crippen LogP contribution in [0.2, 0.25) is 0 Å². The van der Waals surface area contributed by atoms with Gasteiger partial charge in [0.15, 0.2) is 11.6 Å². The molecule has 1 N–H and O–H groups in total. The van der Waals surface area contributed by atoms with E-state index in [1.54, 1.807) is 13.0 Å². The average Bonchev–Trinajstić information content (AvgIpc) is 3.16. The van der Waals surface area contributed by atoms with Gasteiger partial charge in [0.05, 0.1) is 10.6 Å². The molecule has 7 heteroatoms. The van der Waals surface area contributed by atoms with E-state index < -0.39 is 23.1 Å². The number of hydrogen-bond donors (Lipinski definition) is 1. The molecule has 0 atom stereocenters. The zero-order valence-electron chi connectivity index (χ0n) is 14.0. The maximum absolute atomic E-state index is 13.4. The first-order valence-electron chi connectivity index (χ1n) is 8.00. The van der Waals surface area contributed by atoms with E-state index in [1.165, 1.54) is 28.4 Å². The minimum Gasteiger partial charge on any atom is -0.334 e. The number of amides is 1. The van der Waals surface area contributed by atoms with Crippen molar-refractivity contribution in [3.8, 4) is 10.6 Å². The molecule has 134 valence electrons. The maximum Gasteiger partial charge on any atom is 0.261 e. The van der Waals surface area contributed by atoms with Gasteiger partial charge in [-0.2, -0.15) is 0 Å². The normalized spacial score (nSPS) is 10.7. The standard InChI is InChI=1S/C19H16F2N2O2S/c1-2-23(11-12-5-7-14(20)15(21)10-12)19(25)13-6-8-16(22-18(13)24)17-4-3-9-26-17/h3-10H,2,11H2,1H3,(H,22,24). The quantitative estimate of drug-likeness (QED) is 0.733. The lowest BCUT2D eigenvalue weighted by Gasteiger charge is -2.21. The van der Waals surface area contributed by atoms with Crippen LogP contribution in [-0.4, -0.2) is 22.3 Å². The summed E-state index contributed by atoms with van der Waals surface area (Å²) < 4.78 is 26.4. The summed E-state index contributed by atoms with van der Waals surface area (Å²) in [5.41, 5.74) is 0.621. The van der Waals surface area contributed by atoms with Gasteiger partial charge in [0, 0.05) is 13.1 Å². The number of thiophene rings is 1. The number of nitrogens with zero attached hydrogens (tertiary/aromatic N) is 1. The first kappa shape index (κ1) is 18.0. The Labute approximate surface area is 152 Å². The van der Waals surface area contributed by atoms with E-state index in [1.807, 2.05) is 17.5 Å². The number of aromatic amines is 1. The molecule has 0 radical (unpaired) electrons. The lowest BCUT2D eigenvalue weighted by atomic mass is 10.1. The molecule has 0 fully saturated rings. The highest BCUT2D eigenvalue weighted by Gasteiger charge is 2.19. The maximum atomic E-state index is 13.4. The average molecular weight is 374 g/mol. The second-order valence-corrected chi connectivity index (χ2v) is 6.61. The Balaban J connectivity index is 1.84. The molecule has 0 aliphatic carbocycles. The lowest BCUT2D eigenvalue weighted by molar-refractivity contribution is 0.0750. The van der Waals surface area contributed by atoms with E-state index in [2.05, 4.69) is 4.98 Å². The van der Waals surface area contributed by atoms with Crippen LogP contribution in [0.3, 0.4) is 0 Å². The van der Waals surface area contributed by atoms with Gasteiger partial charge < -0.3 is 9.88 Å². The summed E-state index contributed by atoms with van der Waals surface area (Å²) in [6.45, 7) is 2.16. The summed E-state index contributed by atoms with van der Waals surface area (Å²) in [4.78, 5) is 30.1. The molecule has 0 bridgehead atoms. The van der Waals surface area contributed by atoms with Crippen LogP contribution in [0.5, 0.6) is 0 Å². The van der Waals surface area contributed by atoms with Crippen LogP contribution in [0.1, 0.15) is 22.8 Å². The number of H-pyrrole nitrogens is 1. The first-order chi connectivity index (χ1) is 12.5. The minimum atomic E-state index is -0.968. The number of rotatable bonds is 5. The van der Waals surface area contributed by atoms with Crippen molar-refractivity contribution in [2.45, 2.75) is 13.5 Å². The molecule has 0 unspecified atom stereocenters. The van der Waals surface area contributed by atoms with Gasteiger partial charge in [-0.15, -0.1) is 11.3 Å². The molecular weight excluding hydrogens is 358 g/mol. The zero-order valence-corrected chi connectivity index (χ0v) is 14.8. The van der Waals surface area contributed by atoms with Gasteiger partial charge in [-0.05, 0) is 48.2 Å². The van der Waals surface area contributed by atoms with Gasteiger partial charge in [0.2, 0.25) is 0 Å². The summed E-state index contributed by atoms with van der Waals surface area (Å²) >= 11 is 1.48. The Kier molecular flexibility index (Phi) is 5.27. The van der Waals surface area contributed by atoms with E-state index in [4.69, 9.17) is 0 Å². The zero-order chi connectivity index (χ0) is 18.7. The van der Waals surface area contributed by atoms with E-state index in [0.29, 0.717) is 17.8 Å². The Hall–Kier alpha value is -2.80. The summed E-state index contributed by atoms with van der Waals surface area (Å²) in [6, 6.07) is 10.4. The highest BCUT2D eigenvalue weighted by Crippen LogP contribution is 2.21. The summed E-state index contributed by atoms with van der Waals surface area (Å²) in [5, 5.41) is 1.90. The van der Waals surface area contributed by atoms with Crippen molar-refractivity contribution in [3.05, 3.63) is 81.0 Å². The predicted molar refractivity (Wildman–Crippen MR) is 97.1 cm³/mol. The van der Waals surface area contributed by atoms with Crippen LogP contribution in [-0.2, 0) is 6.54 Å². The van der Waals surface area contributed by atoms with E-state index >= 15 is 0 Å². The van der Waals surface area contributed by atoms with Crippen molar-refractivity contribution in [1.82, 2.24) is 9.88 Å². The smallest absolute Gasteiger partial charge is 0.261 e. The van der Waals surface area contributed by atoms with Crippen LogP contribution in [0.4, 0.5) is 8.78 Å². The fourth-order valence-electron chi connectivity index (χ4n) is 2.57. The third kappa shape index (κ3) is 3.72. The Morgan fingerprint density at radius 1 is 1.15 bits per heavy atom. The fraction of sp³-hybridized carbons (Fsp3) is 0.158. The number of aromatic nitrogens is 1. The van der Waals surface area contributed by atoms with Gasteiger partial charge in [0.1, 0.15) is 5.56 Å². The Bertz CT molecular complexity index is 983. The SMILES string of the molecule is CCN(Cc1ccc(F)c(F)c1)C(=O)c1ccc(-c2cccs2)[nH]c1=O. The topological polar surface area (TPSA) is 53.2 Å². The lowest BCUT2D eigenvalue weighted by Crippen LogP contribution is -2.34. The summed E-state index contributed by atoms with van der Waals surface area (Å²) in [5.74, 6) is -2.37. The molecule has 1 aromatic carbocycles. The number of carbonyl (C=O) groups excluding carboxylic acids is 1. The largest absolute Gasteiger partial charge is 0.334 e. The van der Waals surface area contributed by atoms with Crippen molar-refractivity contribution >= 4 is 17.2 Å². The number of halogens is 2. The van der Waals surface area contributed by atoms with Crippen LogP contribution in [0, 0.1) is 11.6 Å². The van der Waals surface area contributed by atoms with Crippen molar-refractivity contribution in [1.29, 1.82) is 0 Å². The Morgan fingerprint density at radius 2 is 1.96 bits per heavy atom. The number of hydrogen-bond acceptors (Lipinski definition) is 3. The van der Waals surface area contributed by atoms with Gasteiger partial charge >= 0.3 is 0 Å². The van der Waals surface area contributed by atoms with E-state index in [-0.39, 0.29) is 12.1 Å². The molecule has 0 saturated carbocycles. The van der Waals surface area contributed by atoms with Crippen molar-refractivity contribution < 1.29 is 13.6 Å². The van der Waals surface area contributed by atoms with E-state index in [9.17, 15) is 18.4 Å². The Morgan fingerprint density at radius 3 is 2.58 bits per heavy atom. The molecule has 2 aromatic heterocycles. The number of benzene rings is 1. The molecule has 26 heavy (non-hydrogen) atoms. The summed E-state index contributed by atoms with van der Waals surface area (Å²) in [7, 11) is 0. The minimum absolute atomic E-state index is 0.00902. The molecule has 3 rings (SSSR count). The number of nitrogens with one attached hydrogen (secondary N) is 1. The molecule has 2 heterocycles. The van der Waals surface area contributed by atoms with Crippen molar-refractivity contribution in [2.24, 2.45) is 0 Å². The molecule has 1 amide bonds. The third-order valence-electron chi connectivity index (χ3n) is 3.95. The van der Waals surface area contributed by atoms with Crippen molar-refractivity contribution in [3.63, 3.8) is 0 Å². The molecular formula is C19H16F2N2O2S. The molecule has 0 saturated heterocycles. The van der Waals surface area contributed by atoms with Gasteiger partial charge in [0.25, 0.3) is 11.5 Å². The third-order valence-corrected chi connectivity index (χ3v) is 4.86. The van der Waals surface area contributed by atoms with E-state index in [0.717, 1.165) is 17.0 Å². The van der Waals surface area contributed by atoms with Gasteiger partial charge in [-0.25, -0.2) is 8.78 Å². The van der Waals surface area contributed by atoms with Crippen LogP contribution >= 0.6 is 11.3 Å². The first-order valence-corrected chi connectivity index (χ1v) is 8.88. The second kappa shape index (κ2) is 7.61. The van der Waals surface area contributed by atoms with Crippen LogP contribution in [0.25, 0.3) is 10.6 Å². The summed E-state index contributed by atoms with van der Waals surface area (Å²) in [6.07, 6.45) is 0. The second-order valence-electron chi connectivity index (χ2n) is 5.66. The molecule has 0 spiro atoms. The number of carbonyl (C=O) groups is 1. The molecule has 4 nitrogen and oxygen atoms in total. The molecule has 0 aliphatic heterocycles. The monoisotopic (exact) mass is 374 g/mol. The highest BCUT2D eigenvalue weighted by atomic mass is 32.1. The fourth-order valence-corrected chi connectivity index (χ4v) is 3.28. The van der Waals surface area contributed by atoms with Crippen LogP contribution < -0.4 is 5.56 Å². The van der Waals surface area contributed by atoms with Gasteiger partial charge in [-0.3, -0.25) is 9.59 Å². The number of pyridine rings is 1.